The van der Waals surface area contributed by atoms with E-state index < -0.39 is 16.1 Å². The lowest BCUT2D eigenvalue weighted by atomic mass is 10.1. The Kier molecular flexibility index (Phi) is 7.16. The minimum atomic E-state index is -3.93. The van der Waals surface area contributed by atoms with Gasteiger partial charge in [0.2, 0.25) is 15.9 Å². The topological polar surface area (TPSA) is 107 Å². The molecule has 0 bridgehead atoms. The van der Waals surface area contributed by atoms with Crippen LogP contribution in [0.4, 0.5) is 0 Å². The van der Waals surface area contributed by atoms with Crippen molar-refractivity contribution in [2.75, 3.05) is 19.8 Å². The molecular formula is C23H27N3O5S2. The van der Waals surface area contributed by atoms with Crippen molar-refractivity contribution < 1.29 is 22.7 Å². The zero-order valence-corrected chi connectivity index (χ0v) is 20.2. The van der Waals surface area contributed by atoms with Gasteiger partial charge in [0.15, 0.2) is 11.5 Å². The number of hydrogen-bond acceptors (Lipinski definition) is 7. The predicted octanol–water partition coefficient (Wildman–Crippen LogP) is 3.12. The third-order valence-corrected chi connectivity index (χ3v) is 7.79. The lowest BCUT2D eigenvalue weighted by molar-refractivity contribution is -0.123. The first-order valence-corrected chi connectivity index (χ1v) is 13.2. The first-order chi connectivity index (χ1) is 15.8. The monoisotopic (exact) mass is 489 g/mol. The number of hydrogen-bond donors (Lipinski definition) is 2. The van der Waals surface area contributed by atoms with E-state index in [0.717, 1.165) is 21.6 Å². The van der Waals surface area contributed by atoms with E-state index in [9.17, 15) is 13.2 Å². The van der Waals surface area contributed by atoms with Gasteiger partial charge in [-0.3, -0.25) is 4.79 Å². The van der Waals surface area contributed by atoms with E-state index >= 15 is 0 Å². The van der Waals surface area contributed by atoms with Crippen LogP contribution in [0.1, 0.15) is 25.3 Å². The molecule has 176 valence electrons. The van der Waals surface area contributed by atoms with Crippen LogP contribution < -0.4 is 19.5 Å². The summed E-state index contributed by atoms with van der Waals surface area (Å²) in [6.45, 7) is 4.82. The molecule has 2 aromatic carbocycles. The van der Waals surface area contributed by atoms with Crippen molar-refractivity contribution in [2.45, 2.75) is 37.6 Å². The molecule has 0 fully saturated rings. The molecule has 1 aliphatic heterocycles. The summed E-state index contributed by atoms with van der Waals surface area (Å²) in [5, 5.41) is 3.88. The summed E-state index contributed by atoms with van der Waals surface area (Å²) in [7, 11) is -3.93. The maximum absolute atomic E-state index is 12.9. The molecule has 0 unspecified atom stereocenters. The van der Waals surface area contributed by atoms with E-state index in [1.807, 2.05) is 24.3 Å². The van der Waals surface area contributed by atoms with Crippen LogP contribution in [-0.2, 0) is 21.2 Å². The van der Waals surface area contributed by atoms with Crippen molar-refractivity contribution in [3.05, 3.63) is 47.5 Å². The van der Waals surface area contributed by atoms with E-state index in [1.54, 1.807) is 31.3 Å². The summed E-state index contributed by atoms with van der Waals surface area (Å²) in [6, 6.07) is 11.5. The van der Waals surface area contributed by atoms with Gasteiger partial charge in [0.05, 0.1) is 20.1 Å². The zero-order valence-electron chi connectivity index (χ0n) is 18.5. The molecule has 0 saturated carbocycles. The number of thiazole rings is 1. The fraction of sp³-hybridized carbons (Fsp3) is 0.391. The van der Waals surface area contributed by atoms with Crippen molar-refractivity contribution in [1.29, 1.82) is 0 Å². The summed E-state index contributed by atoms with van der Waals surface area (Å²) in [5.41, 5.74) is 0.981. The van der Waals surface area contributed by atoms with E-state index in [0.29, 0.717) is 37.7 Å². The summed E-state index contributed by atoms with van der Waals surface area (Å²) < 4.78 is 40.5. The highest BCUT2D eigenvalue weighted by atomic mass is 32.2. The van der Waals surface area contributed by atoms with Crippen molar-refractivity contribution in [1.82, 2.24) is 15.0 Å². The Labute approximate surface area is 197 Å². The normalized spacial score (nSPS) is 14.4. The Morgan fingerprint density at radius 2 is 1.88 bits per heavy atom. The lowest BCUT2D eigenvalue weighted by Crippen LogP contribution is -2.49. The molecule has 1 aromatic heterocycles. The highest BCUT2D eigenvalue weighted by molar-refractivity contribution is 7.89. The predicted molar refractivity (Wildman–Crippen MR) is 127 cm³/mol. The fourth-order valence-electron chi connectivity index (χ4n) is 3.51. The van der Waals surface area contributed by atoms with Gasteiger partial charge in [-0.2, -0.15) is 4.72 Å². The number of nitrogens with zero attached hydrogens (tertiary/aromatic N) is 1. The number of carbonyl (C=O) groups excluding carboxylic acids is 1. The van der Waals surface area contributed by atoms with Gasteiger partial charge in [0.1, 0.15) is 19.3 Å². The van der Waals surface area contributed by atoms with Gasteiger partial charge in [-0.15, -0.1) is 11.3 Å². The number of amides is 1. The number of ether oxygens (including phenoxy) is 2. The number of nitrogens with one attached hydrogen (secondary N) is 2. The second-order valence-corrected chi connectivity index (χ2v) is 10.9. The number of aryl methyl sites for hydroxylation is 1. The number of carbonyl (C=O) groups is 1. The molecule has 8 nitrogen and oxygen atoms in total. The van der Waals surface area contributed by atoms with Crippen LogP contribution in [0.2, 0.25) is 0 Å². The van der Waals surface area contributed by atoms with Gasteiger partial charge in [-0.25, -0.2) is 13.4 Å². The first kappa shape index (κ1) is 23.5. The number of benzene rings is 2. The van der Waals surface area contributed by atoms with E-state index in [4.69, 9.17) is 9.47 Å². The highest BCUT2D eigenvalue weighted by Crippen LogP contribution is 2.32. The number of sulfonamides is 1. The van der Waals surface area contributed by atoms with Gasteiger partial charge < -0.3 is 14.8 Å². The lowest BCUT2D eigenvalue weighted by Gasteiger charge is -2.23. The van der Waals surface area contributed by atoms with E-state index in [-0.39, 0.29) is 16.7 Å². The van der Waals surface area contributed by atoms with Crippen LogP contribution in [0.25, 0.3) is 10.2 Å². The van der Waals surface area contributed by atoms with Crippen LogP contribution in [0.15, 0.2) is 47.4 Å². The second-order valence-electron chi connectivity index (χ2n) is 8.12. The molecular weight excluding hydrogens is 462 g/mol. The third-order valence-electron chi connectivity index (χ3n) is 5.26. The molecule has 1 aliphatic rings. The maximum atomic E-state index is 12.9. The van der Waals surface area contributed by atoms with Crippen LogP contribution in [0.5, 0.6) is 11.5 Å². The largest absolute Gasteiger partial charge is 0.486 e. The second kappa shape index (κ2) is 10.1. The first-order valence-electron chi connectivity index (χ1n) is 10.9. The van der Waals surface area contributed by atoms with Crippen LogP contribution in [0, 0.1) is 5.92 Å². The highest BCUT2D eigenvalue weighted by Gasteiger charge is 2.29. The van der Waals surface area contributed by atoms with Gasteiger partial charge in [0, 0.05) is 19.0 Å². The van der Waals surface area contributed by atoms with Gasteiger partial charge in [-0.1, -0.05) is 26.0 Å². The SMILES string of the molecule is CC(C)[C@H](NS(=O)(=O)c1ccc2c(c1)OCCO2)C(=O)NCCCc1nc2ccccc2s1. The zero-order chi connectivity index (χ0) is 23.4. The average molecular weight is 490 g/mol. The molecule has 4 rings (SSSR count). The smallest absolute Gasteiger partial charge is 0.241 e. The number of fused-ring (bicyclic) bond motifs is 2. The molecule has 10 heteroatoms. The van der Waals surface area contributed by atoms with Crippen molar-refractivity contribution in [2.24, 2.45) is 5.92 Å². The summed E-state index contributed by atoms with van der Waals surface area (Å²) in [4.78, 5) is 17.4. The van der Waals surface area contributed by atoms with Crippen molar-refractivity contribution >= 4 is 37.5 Å². The minimum absolute atomic E-state index is 0.0287. The fourth-order valence-corrected chi connectivity index (χ4v) is 5.87. The molecule has 0 saturated heterocycles. The Balaban J connectivity index is 1.34. The van der Waals surface area contributed by atoms with Crippen LogP contribution in [-0.4, -0.2) is 45.1 Å². The van der Waals surface area contributed by atoms with E-state index in [1.165, 1.54) is 12.1 Å². The quantitative estimate of drug-likeness (QED) is 0.448. The summed E-state index contributed by atoms with van der Waals surface area (Å²) in [5.74, 6) is 0.299. The summed E-state index contributed by atoms with van der Waals surface area (Å²) in [6.07, 6.45) is 1.46. The van der Waals surface area contributed by atoms with Gasteiger partial charge in [-0.05, 0) is 36.6 Å². The number of para-hydroxylation sites is 1. The molecule has 3 aromatic rings. The Morgan fingerprint density at radius 3 is 2.64 bits per heavy atom. The molecule has 1 amide bonds. The van der Waals surface area contributed by atoms with Crippen LogP contribution >= 0.6 is 11.3 Å². The summed E-state index contributed by atoms with van der Waals surface area (Å²) >= 11 is 1.65. The number of rotatable bonds is 9. The molecule has 0 radical (unpaired) electrons. The van der Waals surface area contributed by atoms with Gasteiger partial charge in [0.25, 0.3) is 0 Å². The Hall–Kier alpha value is -2.69. The molecule has 1 atom stereocenters. The molecule has 33 heavy (non-hydrogen) atoms. The molecule has 2 N–H and O–H groups in total. The van der Waals surface area contributed by atoms with Crippen molar-refractivity contribution in [3.8, 4) is 11.5 Å². The van der Waals surface area contributed by atoms with Crippen molar-refractivity contribution in [3.63, 3.8) is 0 Å². The maximum Gasteiger partial charge on any atom is 0.241 e. The standard InChI is InChI=1S/C23H27N3O5S2/c1-15(2)22(26-33(28,29)16-9-10-18-19(14-16)31-13-12-30-18)23(27)24-11-5-8-21-25-17-6-3-4-7-20(17)32-21/h3-4,6-7,9-10,14-15,22,26H,5,8,11-13H2,1-2H3,(H,24,27)/t22-/m0/s1. The molecule has 0 aliphatic carbocycles. The Morgan fingerprint density at radius 1 is 1.12 bits per heavy atom. The van der Waals surface area contributed by atoms with Crippen LogP contribution in [0.3, 0.4) is 0 Å². The number of aromatic nitrogens is 1. The van der Waals surface area contributed by atoms with E-state index in [2.05, 4.69) is 15.0 Å². The Bertz CT molecular complexity index is 1210. The van der Waals surface area contributed by atoms with Gasteiger partial charge >= 0.3 is 0 Å². The molecule has 2 heterocycles. The molecule has 0 spiro atoms. The minimum Gasteiger partial charge on any atom is -0.486 e. The third kappa shape index (κ3) is 5.63. The average Bonchev–Trinajstić information content (AvgIpc) is 3.22.